The van der Waals surface area contributed by atoms with E-state index in [-0.39, 0.29) is 31.1 Å². The van der Waals surface area contributed by atoms with Crippen molar-refractivity contribution >= 4 is 29.1 Å². The van der Waals surface area contributed by atoms with Crippen molar-refractivity contribution in [3.63, 3.8) is 0 Å². The van der Waals surface area contributed by atoms with Crippen molar-refractivity contribution in [1.82, 2.24) is 4.90 Å². The summed E-state index contributed by atoms with van der Waals surface area (Å²) >= 11 is 6.06. The number of ether oxygens (including phenoxy) is 1. The molecule has 0 aromatic heterocycles. The summed E-state index contributed by atoms with van der Waals surface area (Å²) in [5.74, 6) is 0.371. The number of nitrogens with zero attached hydrogens (tertiary/aromatic N) is 2. The van der Waals surface area contributed by atoms with E-state index in [4.69, 9.17) is 21.4 Å². The number of hydrogen-bond donors (Lipinski definition) is 1. The van der Waals surface area contributed by atoms with E-state index in [2.05, 4.69) is 0 Å². The highest BCUT2D eigenvalue weighted by molar-refractivity contribution is 6.30. The van der Waals surface area contributed by atoms with E-state index in [1.807, 2.05) is 6.07 Å². The Kier molecular flexibility index (Phi) is 6.54. The average Bonchev–Trinajstić information content (AvgIpc) is 3.16. The third kappa shape index (κ3) is 4.82. The summed E-state index contributed by atoms with van der Waals surface area (Å²) in [5.41, 5.74) is 1.52. The first-order valence-corrected chi connectivity index (χ1v) is 9.51. The Morgan fingerprint density at radius 1 is 1.25 bits per heavy atom. The molecule has 2 aromatic carbocycles. The molecule has 148 valence electrons. The summed E-state index contributed by atoms with van der Waals surface area (Å²) in [7, 11) is 0. The van der Waals surface area contributed by atoms with Gasteiger partial charge in [-0.05, 0) is 42.3 Å². The monoisotopic (exact) mass is 402 g/mol. The quantitative estimate of drug-likeness (QED) is 0.806. The molecule has 2 aromatic rings. The van der Waals surface area contributed by atoms with Crippen LogP contribution in [-0.4, -0.2) is 47.6 Å². The molecule has 0 aliphatic carbocycles. The molecule has 2 amide bonds. The number of aliphatic hydroxyl groups excluding tert-OH is 1. The molecule has 0 saturated carbocycles. The van der Waals surface area contributed by atoms with Crippen LogP contribution in [0.1, 0.15) is 18.9 Å². The summed E-state index contributed by atoms with van der Waals surface area (Å²) in [6, 6.07) is 14.0. The minimum Gasteiger partial charge on any atom is -0.484 e. The summed E-state index contributed by atoms with van der Waals surface area (Å²) in [5, 5.41) is 9.62. The van der Waals surface area contributed by atoms with E-state index in [0.29, 0.717) is 30.3 Å². The van der Waals surface area contributed by atoms with Gasteiger partial charge in [0.05, 0.1) is 12.6 Å². The highest BCUT2D eigenvalue weighted by Crippen LogP contribution is 2.26. The Morgan fingerprint density at radius 2 is 2.00 bits per heavy atom. The lowest BCUT2D eigenvalue weighted by atomic mass is 10.2. The Hall–Kier alpha value is -2.57. The lowest BCUT2D eigenvalue weighted by Crippen LogP contribution is -2.42. The van der Waals surface area contributed by atoms with Gasteiger partial charge >= 0.3 is 0 Å². The Bertz CT molecular complexity index is 841. The van der Waals surface area contributed by atoms with Gasteiger partial charge in [0.25, 0.3) is 5.91 Å². The van der Waals surface area contributed by atoms with Crippen molar-refractivity contribution in [1.29, 1.82) is 0 Å². The number of halogens is 1. The lowest BCUT2D eigenvalue weighted by molar-refractivity contribution is -0.132. The van der Waals surface area contributed by atoms with Crippen LogP contribution in [0.5, 0.6) is 5.75 Å². The van der Waals surface area contributed by atoms with Crippen LogP contribution in [0.3, 0.4) is 0 Å². The van der Waals surface area contributed by atoms with Crippen molar-refractivity contribution in [3.05, 3.63) is 59.1 Å². The minimum absolute atomic E-state index is 0.0341. The normalized spacial score (nSPS) is 16.1. The maximum Gasteiger partial charge on any atom is 0.260 e. The molecule has 3 rings (SSSR count). The number of benzene rings is 2. The second kappa shape index (κ2) is 9.08. The zero-order valence-electron chi connectivity index (χ0n) is 15.7. The fraction of sp³-hybridized carbons (Fsp3) is 0.333. The van der Waals surface area contributed by atoms with Crippen LogP contribution < -0.4 is 9.64 Å². The molecule has 1 aliphatic heterocycles. The van der Waals surface area contributed by atoms with Gasteiger partial charge in [-0.2, -0.15) is 0 Å². The second-order valence-corrected chi connectivity index (χ2v) is 7.18. The Labute approximate surface area is 169 Å². The first-order valence-electron chi connectivity index (χ1n) is 9.13. The molecule has 0 bridgehead atoms. The molecule has 0 spiro atoms. The predicted octanol–water partition coefficient (Wildman–Crippen LogP) is 2.87. The van der Waals surface area contributed by atoms with Gasteiger partial charge in [-0.25, -0.2) is 0 Å². The third-order valence-electron chi connectivity index (χ3n) is 4.78. The largest absolute Gasteiger partial charge is 0.484 e. The number of carbonyl (C=O) groups is 2. The number of likely N-dealkylation sites (tertiary alicyclic amines) is 1. The fourth-order valence-corrected chi connectivity index (χ4v) is 3.57. The van der Waals surface area contributed by atoms with Crippen molar-refractivity contribution < 1.29 is 19.4 Å². The first-order chi connectivity index (χ1) is 13.5. The molecule has 6 nitrogen and oxygen atoms in total. The molecular weight excluding hydrogens is 380 g/mol. The van der Waals surface area contributed by atoms with E-state index < -0.39 is 0 Å². The predicted molar refractivity (Wildman–Crippen MR) is 107 cm³/mol. The van der Waals surface area contributed by atoms with Gasteiger partial charge in [0.15, 0.2) is 6.61 Å². The number of rotatable bonds is 6. The molecule has 1 heterocycles. The molecular formula is C21H23ClN2O4. The van der Waals surface area contributed by atoms with Crippen LogP contribution >= 0.6 is 11.6 Å². The topological polar surface area (TPSA) is 70.1 Å². The lowest BCUT2D eigenvalue weighted by Gasteiger charge is -2.28. The minimum atomic E-state index is -0.122. The van der Waals surface area contributed by atoms with Gasteiger partial charge in [0, 0.05) is 30.7 Å². The number of hydrogen-bond acceptors (Lipinski definition) is 4. The fourth-order valence-electron chi connectivity index (χ4n) is 3.38. The van der Waals surface area contributed by atoms with Crippen molar-refractivity contribution in [2.24, 2.45) is 0 Å². The van der Waals surface area contributed by atoms with E-state index in [1.165, 1.54) is 6.92 Å². The van der Waals surface area contributed by atoms with Gasteiger partial charge < -0.3 is 19.6 Å². The second-order valence-electron chi connectivity index (χ2n) is 6.74. The van der Waals surface area contributed by atoms with Crippen molar-refractivity contribution in [2.75, 3.05) is 24.6 Å². The molecule has 7 heteroatoms. The van der Waals surface area contributed by atoms with E-state index >= 15 is 0 Å². The number of anilines is 1. The van der Waals surface area contributed by atoms with Crippen molar-refractivity contribution in [2.45, 2.75) is 26.0 Å². The standard InChI is InChI=1S/C21H23ClN2O4/c1-15(26)24(18-4-2-3-17(22)11-18)19-9-10-23(12-19)21(27)14-28-20-7-5-16(13-25)6-8-20/h2-8,11,19,25H,9-10,12-14H2,1H3. The van der Waals surface area contributed by atoms with Crippen LogP contribution in [0.25, 0.3) is 0 Å². The molecule has 1 unspecified atom stereocenters. The van der Waals surface area contributed by atoms with Crippen molar-refractivity contribution in [3.8, 4) is 5.75 Å². The molecule has 1 aliphatic rings. The molecule has 1 atom stereocenters. The van der Waals surface area contributed by atoms with Gasteiger partial charge in [-0.15, -0.1) is 0 Å². The molecule has 0 radical (unpaired) electrons. The SMILES string of the molecule is CC(=O)N(c1cccc(Cl)c1)C1CCN(C(=O)COc2ccc(CO)cc2)C1. The third-order valence-corrected chi connectivity index (χ3v) is 5.01. The van der Waals surface area contributed by atoms with Gasteiger partial charge in [-0.1, -0.05) is 29.8 Å². The Morgan fingerprint density at radius 3 is 2.64 bits per heavy atom. The zero-order valence-corrected chi connectivity index (χ0v) is 16.4. The number of carbonyl (C=O) groups excluding carboxylic acids is 2. The molecule has 28 heavy (non-hydrogen) atoms. The van der Waals surface area contributed by atoms with E-state index in [9.17, 15) is 9.59 Å². The van der Waals surface area contributed by atoms with Gasteiger partial charge in [0.2, 0.25) is 5.91 Å². The maximum absolute atomic E-state index is 12.5. The highest BCUT2D eigenvalue weighted by Gasteiger charge is 2.32. The van der Waals surface area contributed by atoms with Gasteiger partial charge in [0.1, 0.15) is 5.75 Å². The highest BCUT2D eigenvalue weighted by atomic mass is 35.5. The van der Waals surface area contributed by atoms with Crippen LogP contribution in [0.4, 0.5) is 5.69 Å². The summed E-state index contributed by atoms with van der Waals surface area (Å²) in [6.07, 6.45) is 0.697. The smallest absolute Gasteiger partial charge is 0.260 e. The van der Waals surface area contributed by atoms with Crippen LogP contribution in [0, 0.1) is 0 Å². The number of aliphatic hydroxyl groups is 1. The average molecular weight is 403 g/mol. The summed E-state index contributed by atoms with van der Waals surface area (Å²) in [6.45, 7) is 2.44. The molecule has 1 saturated heterocycles. The first kappa shape index (κ1) is 20.2. The molecule has 1 fully saturated rings. The zero-order chi connectivity index (χ0) is 20.1. The summed E-state index contributed by atoms with van der Waals surface area (Å²) in [4.78, 5) is 28.1. The summed E-state index contributed by atoms with van der Waals surface area (Å²) < 4.78 is 5.55. The van der Waals surface area contributed by atoms with Crippen LogP contribution in [0.15, 0.2) is 48.5 Å². The van der Waals surface area contributed by atoms with Crippen LogP contribution in [-0.2, 0) is 16.2 Å². The van der Waals surface area contributed by atoms with E-state index in [1.54, 1.807) is 52.3 Å². The Balaban J connectivity index is 1.59. The maximum atomic E-state index is 12.5. The van der Waals surface area contributed by atoms with Crippen LogP contribution in [0.2, 0.25) is 5.02 Å². The van der Waals surface area contributed by atoms with Gasteiger partial charge in [-0.3, -0.25) is 9.59 Å². The molecule has 1 N–H and O–H groups in total. The number of amides is 2. The van der Waals surface area contributed by atoms with E-state index in [0.717, 1.165) is 11.3 Å².